The van der Waals surface area contributed by atoms with Gasteiger partial charge in [0.05, 0.1) is 6.33 Å². The summed E-state index contributed by atoms with van der Waals surface area (Å²) in [6.45, 7) is 1.83. The summed E-state index contributed by atoms with van der Waals surface area (Å²) in [5.74, 6) is 0.444. The van der Waals surface area contributed by atoms with E-state index < -0.39 is 0 Å². The van der Waals surface area contributed by atoms with Gasteiger partial charge in [-0.05, 0) is 32.2 Å². The predicted molar refractivity (Wildman–Crippen MR) is 106 cm³/mol. The van der Waals surface area contributed by atoms with Crippen LogP contribution in [0, 0.1) is 0 Å². The Morgan fingerprint density at radius 1 is 0.929 bits per heavy atom. The number of fused-ring (bicyclic) bond motifs is 3. The molecule has 2 aromatic heterocycles. The largest absolute Gasteiger partial charge is 0.332 e. The van der Waals surface area contributed by atoms with Gasteiger partial charge in [-0.3, -0.25) is 23.6 Å². The molecule has 2 aromatic rings. The van der Waals surface area contributed by atoms with Crippen LogP contribution in [0.3, 0.4) is 0 Å². The molecule has 2 aliphatic heterocycles. The van der Waals surface area contributed by atoms with Gasteiger partial charge in [-0.2, -0.15) is 0 Å². The molecule has 4 rings (SSSR count). The smallest absolute Gasteiger partial charge is 0.325 e. The van der Waals surface area contributed by atoms with E-state index in [0.717, 1.165) is 56.2 Å². The molecule has 0 aromatic carbocycles. The predicted octanol–water partition coefficient (Wildman–Crippen LogP) is 1.19. The highest BCUT2D eigenvalue weighted by Crippen LogP contribution is 2.34. The topological polar surface area (TPSA) is 82.1 Å². The molecule has 0 amide bonds. The molecule has 2 atom stereocenters. The molecule has 28 heavy (non-hydrogen) atoms. The molecule has 2 unspecified atom stereocenters. The highest BCUT2D eigenvalue weighted by molar-refractivity contribution is 5.80. The van der Waals surface area contributed by atoms with Crippen LogP contribution in [0.2, 0.25) is 0 Å². The molecule has 2 saturated heterocycles. The maximum atomic E-state index is 12.4. The van der Waals surface area contributed by atoms with Crippen LogP contribution in [0.1, 0.15) is 51.4 Å². The lowest BCUT2D eigenvalue weighted by Crippen LogP contribution is -2.43. The van der Waals surface area contributed by atoms with Crippen molar-refractivity contribution < 1.29 is 4.79 Å². The molecule has 0 aliphatic carbocycles. The third kappa shape index (κ3) is 3.34. The summed E-state index contributed by atoms with van der Waals surface area (Å²) in [6, 6.07) is 0.984. The van der Waals surface area contributed by atoms with E-state index in [1.807, 2.05) is 4.57 Å². The number of hydrogen-bond acceptors (Lipinski definition) is 5. The normalized spacial score (nSPS) is 22.4. The van der Waals surface area contributed by atoms with Crippen LogP contribution in [-0.2, 0) is 25.4 Å². The number of piperidine rings is 1. The van der Waals surface area contributed by atoms with Crippen LogP contribution in [0.15, 0.2) is 15.9 Å². The Bertz CT molecular complexity index is 986. The number of ketones is 1. The molecule has 4 heterocycles. The van der Waals surface area contributed by atoms with E-state index in [2.05, 4.69) is 9.88 Å². The molecule has 0 spiro atoms. The number of imidazole rings is 1. The molecule has 8 nitrogen and oxygen atoms in total. The summed E-state index contributed by atoms with van der Waals surface area (Å²) in [6.07, 6.45) is 9.90. The molecule has 2 aliphatic rings. The van der Waals surface area contributed by atoms with Gasteiger partial charge in [0.1, 0.15) is 5.78 Å². The number of aryl methyl sites for hydroxylation is 2. The Hall–Kier alpha value is -2.22. The lowest BCUT2D eigenvalue weighted by Gasteiger charge is -2.33. The summed E-state index contributed by atoms with van der Waals surface area (Å²) in [4.78, 5) is 43.0. The van der Waals surface area contributed by atoms with Crippen molar-refractivity contribution in [3.8, 4) is 0 Å². The number of unbranched alkanes of at least 4 members (excludes halogenated alkanes) is 3. The third-order valence-electron chi connectivity index (χ3n) is 6.48. The number of carbonyl (C=O) groups excluding carboxylic acids is 1. The van der Waals surface area contributed by atoms with Gasteiger partial charge < -0.3 is 4.57 Å². The standard InChI is InChI=1S/C20H29N5O3/c1-22-18-17(19(27)23(2)20(22)28)24(13-21-18)9-5-3-4-6-10-25-14-7-8-15(25)12-16(26)11-14/h13-15H,3-12H2,1-2H3. The van der Waals surface area contributed by atoms with Crippen molar-refractivity contribution in [1.82, 2.24) is 23.6 Å². The van der Waals surface area contributed by atoms with E-state index in [4.69, 9.17) is 0 Å². The van der Waals surface area contributed by atoms with Crippen LogP contribution in [0.4, 0.5) is 0 Å². The second kappa shape index (κ2) is 7.66. The van der Waals surface area contributed by atoms with Crippen molar-refractivity contribution >= 4 is 16.9 Å². The number of nitrogens with zero attached hydrogens (tertiary/aromatic N) is 5. The fourth-order valence-electron chi connectivity index (χ4n) is 4.92. The van der Waals surface area contributed by atoms with Crippen molar-refractivity contribution in [2.75, 3.05) is 6.54 Å². The Morgan fingerprint density at radius 2 is 1.57 bits per heavy atom. The fourth-order valence-corrected chi connectivity index (χ4v) is 4.92. The highest BCUT2D eigenvalue weighted by Gasteiger charge is 2.39. The highest BCUT2D eigenvalue weighted by atomic mass is 16.2. The summed E-state index contributed by atoms with van der Waals surface area (Å²) in [5.41, 5.74) is 0.309. The van der Waals surface area contributed by atoms with Gasteiger partial charge in [-0.1, -0.05) is 12.8 Å². The Kier molecular flexibility index (Phi) is 5.23. The number of hydrogen-bond donors (Lipinski definition) is 0. The van der Waals surface area contributed by atoms with E-state index >= 15 is 0 Å². The second-order valence-corrected chi connectivity index (χ2v) is 8.30. The van der Waals surface area contributed by atoms with E-state index in [1.54, 1.807) is 13.4 Å². The zero-order chi connectivity index (χ0) is 19.8. The van der Waals surface area contributed by atoms with Crippen molar-refractivity contribution in [2.45, 2.75) is 70.0 Å². The molecule has 152 valence electrons. The van der Waals surface area contributed by atoms with Crippen LogP contribution < -0.4 is 11.2 Å². The minimum Gasteiger partial charge on any atom is -0.325 e. The lowest BCUT2D eigenvalue weighted by molar-refractivity contribution is -0.123. The number of carbonyl (C=O) groups is 1. The summed E-state index contributed by atoms with van der Waals surface area (Å²) >= 11 is 0. The molecule has 0 saturated carbocycles. The van der Waals surface area contributed by atoms with Crippen LogP contribution in [0.25, 0.3) is 11.2 Å². The van der Waals surface area contributed by atoms with Crippen molar-refractivity contribution in [1.29, 1.82) is 0 Å². The minimum atomic E-state index is -0.351. The van der Waals surface area contributed by atoms with E-state index in [9.17, 15) is 14.4 Å². The first-order chi connectivity index (χ1) is 13.5. The Morgan fingerprint density at radius 3 is 2.25 bits per heavy atom. The molecule has 0 N–H and O–H groups in total. The van der Waals surface area contributed by atoms with Gasteiger partial charge in [-0.25, -0.2) is 9.78 Å². The molecular formula is C20H29N5O3. The molecule has 2 fully saturated rings. The Balaban J connectivity index is 1.28. The van der Waals surface area contributed by atoms with Gasteiger partial charge in [0.2, 0.25) is 0 Å². The molecule has 0 radical (unpaired) electrons. The molecule has 2 bridgehead atoms. The number of Topliss-reactive ketones (excluding diaryl/α,β-unsaturated/α-hetero) is 1. The van der Waals surface area contributed by atoms with Crippen LogP contribution in [0.5, 0.6) is 0 Å². The fraction of sp³-hybridized carbons (Fsp3) is 0.700. The van der Waals surface area contributed by atoms with E-state index in [0.29, 0.717) is 29.0 Å². The Labute approximate surface area is 163 Å². The maximum absolute atomic E-state index is 12.4. The van der Waals surface area contributed by atoms with Crippen LogP contribution in [-0.4, -0.2) is 48.0 Å². The lowest BCUT2D eigenvalue weighted by atomic mass is 10.0. The van der Waals surface area contributed by atoms with Crippen LogP contribution >= 0.6 is 0 Å². The summed E-state index contributed by atoms with van der Waals surface area (Å²) < 4.78 is 4.43. The first-order valence-electron chi connectivity index (χ1n) is 10.4. The zero-order valence-electron chi connectivity index (χ0n) is 16.8. The van der Waals surface area contributed by atoms with E-state index in [1.165, 1.54) is 24.5 Å². The quantitative estimate of drug-likeness (QED) is 0.667. The SMILES string of the molecule is Cn1c(=O)c2c(ncn2CCCCCCN2C3CCC2CC(=O)C3)n(C)c1=O. The van der Waals surface area contributed by atoms with Crippen molar-refractivity contribution in [2.24, 2.45) is 14.1 Å². The third-order valence-corrected chi connectivity index (χ3v) is 6.48. The number of rotatable bonds is 7. The van der Waals surface area contributed by atoms with Crippen molar-refractivity contribution in [3.05, 3.63) is 27.2 Å². The summed E-state index contributed by atoms with van der Waals surface area (Å²) in [5, 5.41) is 0. The first kappa shape index (κ1) is 19.1. The first-order valence-corrected chi connectivity index (χ1v) is 10.4. The average Bonchev–Trinajstić information content (AvgIpc) is 3.20. The van der Waals surface area contributed by atoms with Gasteiger partial charge in [-0.15, -0.1) is 0 Å². The number of aromatic nitrogens is 4. The van der Waals surface area contributed by atoms with Gasteiger partial charge in [0.25, 0.3) is 5.56 Å². The monoisotopic (exact) mass is 387 g/mol. The van der Waals surface area contributed by atoms with Gasteiger partial charge in [0.15, 0.2) is 11.2 Å². The average molecular weight is 387 g/mol. The van der Waals surface area contributed by atoms with Gasteiger partial charge >= 0.3 is 5.69 Å². The molecule has 8 heteroatoms. The van der Waals surface area contributed by atoms with E-state index in [-0.39, 0.29) is 11.2 Å². The minimum absolute atomic E-state index is 0.286. The maximum Gasteiger partial charge on any atom is 0.332 e. The second-order valence-electron chi connectivity index (χ2n) is 8.30. The summed E-state index contributed by atoms with van der Waals surface area (Å²) in [7, 11) is 3.14. The molecular weight excluding hydrogens is 358 g/mol. The zero-order valence-corrected chi connectivity index (χ0v) is 16.8. The van der Waals surface area contributed by atoms with Crippen molar-refractivity contribution in [3.63, 3.8) is 0 Å². The van der Waals surface area contributed by atoms with Gasteiger partial charge in [0, 0.05) is 45.6 Å².